The first-order valence-corrected chi connectivity index (χ1v) is 22.9. The Balaban J connectivity index is 1.48. The Kier molecular flexibility index (Phi) is 12.9. The van der Waals surface area contributed by atoms with Gasteiger partial charge < -0.3 is 20.3 Å². The fourth-order valence-corrected chi connectivity index (χ4v) is 9.23. The molecule has 2 aliphatic rings. The second-order valence-corrected chi connectivity index (χ2v) is 21.9. The van der Waals surface area contributed by atoms with Gasteiger partial charge in [-0.1, -0.05) is 110 Å². The lowest BCUT2D eigenvalue weighted by atomic mass is 9.63. The molecular weight excluding hydrogens is 664 g/mol. The van der Waals surface area contributed by atoms with Crippen LogP contribution in [0.1, 0.15) is 130 Å². The van der Waals surface area contributed by atoms with Crippen molar-refractivity contribution in [3.8, 4) is 11.1 Å². The van der Waals surface area contributed by atoms with Crippen LogP contribution in [0.15, 0.2) is 16.7 Å². The normalized spacial score (nSPS) is 17.0. The molecule has 10 nitrogen and oxygen atoms in total. The monoisotopic (exact) mass is 722 g/mol. The van der Waals surface area contributed by atoms with Crippen LogP contribution in [-0.2, 0) is 22.7 Å². The van der Waals surface area contributed by atoms with Gasteiger partial charge in [-0.15, -0.1) is 0 Å². The molecule has 0 aliphatic heterocycles. The van der Waals surface area contributed by atoms with Gasteiger partial charge in [0.25, 0.3) is 5.91 Å². The number of rotatable bonds is 15. The van der Waals surface area contributed by atoms with E-state index < -0.39 is 25.8 Å². The summed E-state index contributed by atoms with van der Waals surface area (Å²) in [7, 11) is -1.23. The molecule has 3 heterocycles. The number of carbonyl (C=O) groups is 2. The van der Waals surface area contributed by atoms with Crippen LogP contribution < -0.4 is 11.1 Å². The van der Waals surface area contributed by atoms with E-state index in [1.165, 1.54) is 12.8 Å². The number of nitrogens with two attached hydrogens (primary N) is 1. The van der Waals surface area contributed by atoms with Crippen molar-refractivity contribution in [1.82, 2.24) is 19.9 Å². The van der Waals surface area contributed by atoms with Gasteiger partial charge in [0.2, 0.25) is 11.9 Å². The average molecular weight is 723 g/mol. The van der Waals surface area contributed by atoms with E-state index in [9.17, 15) is 9.59 Å². The first-order chi connectivity index (χ1) is 24.3. The van der Waals surface area contributed by atoms with Gasteiger partial charge in [0, 0.05) is 31.5 Å². The molecule has 3 aromatic heterocycles. The number of primary amides is 1. The van der Waals surface area contributed by atoms with Gasteiger partial charge in [0.05, 0.1) is 11.4 Å². The number of aromatic nitrogens is 4. The third-order valence-corrected chi connectivity index (χ3v) is 12.7. The topological polar surface area (TPSA) is 138 Å². The third kappa shape index (κ3) is 9.17. The van der Waals surface area contributed by atoms with E-state index in [1.807, 2.05) is 32.4 Å². The standard InChI is InChI=1S/C39H59FN6O4Si/c1-8-29-31(25(4)44-46(29)23-49-21-22-51(5,6)7)28-19-20-30(42-37(28)40)43-39(48)33(36-34(38(41)47)35(24(2)3)45-50-36)32(26-15-11-9-12-16-26)27-17-13-10-14-18-27/h19-20,24,26-27,32-33H,8-18,21-23H2,1-7H3,(H2,41,47)(H,42,43,48). The average Bonchev–Trinajstić information content (AvgIpc) is 3.67. The lowest BCUT2D eigenvalue weighted by Crippen LogP contribution is -2.39. The molecule has 280 valence electrons. The van der Waals surface area contributed by atoms with Crippen molar-refractivity contribution < 1.29 is 23.2 Å². The molecule has 51 heavy (non-hydrogen) atoms. The highest BCUT2D eigenvalue weighted by Gasteiger charge is 2.45. The van der Waals surface area contributed by atoms with Crippen LogP contribution in [-0.4, -0.2) is 46.4 Å². The lowest BCUT2D eigenvalue weighted by molar-refractivity contribution is -0.121. The van der Waals surface area contributed by atoms with Gasteiger partial charge in [-0.05, 0) is 55.2 Å². The predicted molar refractivity (Wildman–Crippen MR) is 201 cm³/mol. The number of ether oxygens (including phenoxy) is 1. The molecule has 2 aliphatic carbocycles. The maximum Gasteiger partial charge on any atom is 0.254 e. The molecule has 2 saturated carbocycles. The molecule has 3 aromatic rings. The molecule has 1 atom stereocenters. The number of anilines is 1. The highest BCUT2D eigenvalue weighted by molar-refractivity contribution is 6.76. The Morgan fingerprint density at radius 2 is 1.69 bits per heavy atom. The van der Waals surface area contributed by atoms with Crippen molar-refractivity contribution in [2.45, 2.75) is 143 Å². The molecule has 2 fully saturated rings. The van der Waals surface area contributed by atoms with Crippen LogP contribution in [0.3, 0.4) is 0 Å². The fourth-order valence-electron chi connectivity index (χ4n) is 8.48. The molecule has 12 heteroatoms. The second kappa shape index (κ2) is 17.0. The number of carbonyl (C=O) groups excluding carboxylic acids is 2. The van der Waals surface area contributed by atoms with Crippen molar-refractivity contribution in [2.75, 3.05) is 11.9 Å². The third-order valence-electron chi connectivity index (χ3n) is 11.0. The van der Waals surface area contributed by atoms with Crippen LogP contribution in [0.4, 0.5) is 10.2 Å². The Hall–Kier alpha value is -3.38. The predicted octanol–water partition coefficient (Wildman–Crippen LogP) is 8.98. The number of nitrogens with one attached hydrogen (secondary N) is 1. The zero-order valence-electron chi connectivity index (χ0n) is 31.8. The van der Waals surface area contributed by atoms with Gasteiger partial charge >= 0.3 is 0 Å². The van der Waals surface area contributed by atoms with Gasteiger partial charge in [-0.3, -0.25) is 9.59 Å². The molecular formula is C39H59FN6O4Si. The van der Waals surface area contributed by atoms with Crippen LogP contribution in [0.2, 0.25) is 25.7 Å². The summed E-state index contributed by atoms with van der Waals surface area (Å²) in [6.45, 7) is 15.6. The number of aryl methyl sites for hydroxylation is 1. The van der Waals surface area contributed by atoms with Crippen LogP contribution in [0.25, 0.3) is 11.1 Å². The second-order valence-electron chi connectivity index (χ2n) is 16.3. The van der Waals surface area contributed by atoms with Crippen molar-refractivity contribution in [1.29, 1.82) is 0 Å². The summed E-state index contributed by atoms with van der Waals surface area (Å²) in [5.74, 6) is -1.87. The summed E-state index contributed by atoms with van der Waals surface area (Å²) in [4.78, 5) is 31.9. The van der Waals surface area contributed by atoms with Crippen molar-refractivity contribution in [2.24, 2.45) is 23.5 Å². The Labute approximate surface area is 303 Å². The van der Waals surface area contributed by atoms with Crippen LogP contribution in [0, 0.1) is 30.6 Å². The van der Waals surface area contributed by atoms with E-state index in [2.05, 4.69) is 35.1 Å². The van der Waals surface area contributed by atoms with Gasteiger partial charge in [-0.2, -0.15) is 9.49 Å². The number of hydrogen-bond donors (Lipinski definition) is 2. The highest BCUT2D eigenvalue weighted by Crippen LogP contribution is 2.48. The minimum atomic E-state index is -1.23. The smallest absolute Gasteiger partial charge is 0.254 e. The minimum absolute atomic E-state index is 0.0747. The molecule has 0 saturated heterocycles. The molecule has 0 spiro atoms. The van der Waals surface area contributed by atoms with Crippen LogP contribution in [0.5, 0.6) is 0 Å². The van der Waals surface area contributed by atoms with E-state index in [0.29, 0.717) is 42.3 Å². The summed E-state index contributed by atoms with van der Waals surface area (Å²) in [6, 6.07) is 4.35. The van der Waals surface area contributed by atoms with E-state index in [0.717, 1.165) is 63.1 Å². The molecule has 3 N–H and O–H groups in total. The summed E-state index contributed by atoms with van der Waals surface area (Å²) in [6.07, 6.45) is 11.5. The number of amides is 2. The van der Waals surface area contributed by atoms with Gasteiger partial charge in [0.1, 0.15) is 24.0 Å². The summed E-state index contributed by atoms with van der Waals surface area (Å²) >= 11 is 0. The molecule has 0 radical (unpaired) electrons. The maximum absolute atomic E-state index is 16.0. The Morgan fingerprint density at radius 3 is 2.22 bits per heavy atom. The van der Waals surface area contributed by atoms with E-state index in [-0.39, 0.29) is 46.7 Å². The maximum atomic E-state index is 16.0. The molecule has 2 amide bonds. The van der Waals surface area contributed by atoms with E-state index >= 15 is 4.39 Å². The lowest BCUT2D eigenvalue weighted by Gasteiger charge is -2.41. The number of pyridine rings is 1. The zero-order chi connectivity index (χ0) is 36.9. The Bertz CT molecular complexity index is 1630. The summed E-state index contributed by atoms with van der Waals surface area (Å²) < 4.78 is 29.8. The largest absolute Gasteiger partial charge is 0.365 e. The number of halogens is 1. The van der Waals surface area contributed by atoms with Crippen LogP contribution >= 0.6 is 0 Å². The SMILES string of the molecule is CCc1c(-c2ccc(NC(=O)C(c3onc(C(C)C)c3C(N)=O)C(C3CCCCC3)C3CCCCC3)nc2F)c(C)nn1COCC[Si](C)(C)C. The summed E-state index contributed by atoms with van der Waals surface area (Å²) in [5.41, 5.74) is 9.20. The van der Waals surface area contributed by atoms with Gasteiger partial charge in [0.15, 0.2) is 5.76 Å². The molecule has 1 unspecified atom stereocenters. The number of hydrogen-bond acceptors (Lipinski definition) is 7. The quantitative estimate of drug-likeness (QED) is 0.0907. The van der Waals surface area contributed by atoms with Gasteiger partial charge in [-0.25, -0.2) is 9.67 Å². The van der Waals surface area contributed by atoms with Crippen molar-refractivity contribution in [3.63, 3.8) is 0 Å². The molecule has 0 bridgehead atoms. The Morgan fingerprint density at radius 1 is 1.06 bits per heavy atom. The molecule has 0 aromatic carbocycles. The summed E-state index contributed by atoms with van der Waals surface area (Å²) in [5, 5.41) is 11.9. The van der Waals surface area contributed by atoms with E-state index in [1.54, 1.807) is 12.1 Å². The molecule has 5 rings (SSSR count). The van der Waals surface area contributed by atoms with Crippen molar-refractivity contribution >= 4 is 25.7 Å². The van der Waals surface area contributed by atoms with Crippen molar-refractivity contribution in [3.05, 3.63) is 46.5 Å². The number of nitrogens with zero attached hydrogens (tertiary/aromatic N) is 4. The first-order valence-electron chi connectivity index (χ1n) is 19.2. The first kappa shape index (κ1) is 38.8. The minimum Gasteiger partial charge on any atom is -0.365 e. The fraction of sp³-hybridized carbons (Fsp3) is 0.667. The zero-order valence-corrected chi connectivity index (χ0v) is 32.8. The highest BCUT2D eigenvalue weighted by atomic mass is 28.3. The van der Waals surface area contributed by atoms with E-state index in [4.69, 9.17) is 20.1 Å².